The summed E-state index contributed by atoms with van der Waals surface area (Å²) in [7, 11) is 1.65. The number of piperazine rings is 1. The minimum Gasteiger partial charge on any atom is -0.321 e. The topological polar surface area (TPSA) is 64.7 Å². The number of piperidine rings is 1. The summed E-state index contributed by atoms with van der Waals surface area (Å²) in [5.41, 5.74) is 2.40. The van der Waals surface area contributed by atoms with Crippen molar-refractivity contribution in [3.8, 4) is 0 Å². The third-order valence-electron chi connectivity index (χ3n) is 9.14. The second kappa shape index (κ2) is 10.9. The number of carbonyl (C=O) groups excluding carboxylic acids is 2. The zero-order chi connectivity index (χ0) is 28.0. The van der Waals surface area contributed by atoms with Crippen LogP contribution in [0.1, 0.15) is 66.9 Å². The first-order chi connectivity index (χ1) is 18.5. The molecule has 2 amide bonds. The van der Waals surface area contributed by atoms with Crippen molar-refractivity contribution >= 4 is 11.8 Å². The van der Waals surface area contributed by atoms with Crippen LogP contribution in [0.25, 0.3) is 0 Å². The molecule has 6 atom stereocenters. The van der Waals surface area contributed by atoms with Gasteiger partial charge in [0.1, 0.15) is 23.2 Å². The number of halogens is 3. The van der Waals surface area contributed by atoms with Crippen LogP contribution in [-0.4, -0.2) is 59.9 Å². The number of likely N-dealkylation sites (tertiary alicyclic amines) is 1. The van der Waals surface area contributed by atoms with Crippen molar-refractivity contribution < 1.29 is 22.8 Å². The lowest BCUT2D eigenvalue weighted by molar-refractivity contribution is -0.117. The number of nitrogens with one attached hydrogen (secondary N) is 2. The second-order valence-electron chi connectivity index (χ2n) is 11.5. The van der Waals surface area contributed by atoms with Gasteiger partial charge < -0.3 is 20.4 Å². The van der Waals surface area contributed by atoms with Crippen molar-refractivity contribution in [3.63, 3.8) is 0 Å². The highest BCUT2D eigenvalue weighted by Crippen LogP contribution is 2.39. The molecule has 39 heavy (non-hydrogen) atoms. The highest BCUT2D eigenvalue weighted by Gasteiger charge is 2.43. The van der Waals surface area contributed by atoms with E-state index in [9.17, 15) is 22.8 Å². The predicted molar refractivity (Wildman–Crippen MR) is 143 cm³/mol. The number of hydrogen-bond acceptors (Lipinski definition) is 4. The molecule has 2 aromatic carbocycles. The fraction of sp³-hybridized carbons (Fsp3) is 0.533. The summed E-state index contributed by atoms with van der Waals surface area (Å²) in [6.45, 7) is 6.45. The first kappa shape index (κ1) is 27.6. The number of urea groups is 1. The quantitative estimate of drug-likeness (QED) is 0.574. The van der Waals surface area contributed by atoms with Gasteiger partial charge in [0.2, 0.25) is 0 Å². The number of benzene rings is 2. The van der Waals surface area contributed by atoms with Gasteiger partial charge in [-0.05, 0) is 80.0 Å². The standard InChI is InChI=1S/C30H37F3N4O2/c1-16-9-20(31)5-6-23(16)29-10-19(28-15-34-26-13-22(38)14-27(26)35-28)7-8-37(29)30(39)36(4)18(3)24-11-21(32)12-25(33)17(24)2/h5-6,9,11-12,18-19,26-29,34-35H,7-8,10,13-15H2,1-4H3/t18-,19-,26?,27?,28?,29-/m1/s1. The SMILES string of the molecule is Cc1cc(F)ccc1[C@H]1C[C@H](C2CNC3CC(=O)CC3N2)CCN1C(=O)N(C)[C@H](C)c1cc(F)cc(F)c1C. The summed E-state index contributed by atoms with van der Waals surface area (Å²) < 4.78 is 42.4. The van der Waals surface area contributed by atoms with Crippen LogP contribution < -0.4 is 10.6 Å². The Morgan fingerprint density at radius 2 is 1.79 bits per heavy atom. The van der Waals surface area contributed by atoms with Gasteiger partial charge in [0, 0.05) is 57.2 Å². The minimum absolute atomic E-state index is 0.129. The number of Topliss-reactive ketones (excluding diaryl/α,β-unsaturated/α-hetero) is 1. The van der Waals surface area contributed by atoms with E-state index in [1.54, 1.807) is 27.0 Å². The monoisotopic (exact) mass is 542 g/mol. The van der Waals surface area contributed by atoms with Crippen LogP contribution in [-0.2, 0) is 4.79 Å². The van der Waals surface area contributed by atoms with Crippen molar-refractivity contribution in [1.29, 1.82) is 0 Å². The molecule has 0 bridgehead atoms. The molecule has 2 heterocycles. The van der Waals surface area contributed by atoms with E-state index in [4.69, 9.17) is 0 Å². The highest BCUT2D eigenvalue weighted by atomic mass is 19.1. The van der Waals surface area contributed by atoms with Crippen LogP contribution in [0, 0.1) is 37.2 Å². The molecule has 3 aliphatic rings. The molecule has 2 saturated heterocycles. The molecule has 9 heteroatoms. The Morgan fingerprint density at radius 3 is 2.54 bits per heavy atom. The van der Waals surface area contributed by atoms with Crippen LogP contribution in [0.4, 0.5) is 18.0 Å². The molecule has 2 aliphatic heterocycles. The first-order valence-electron chi connectivity index (χ1n) is 13.8. The zero-order valence-electron chi connectivity index (χ0n) is 22.9. The lowest BCUT2D eigenvalue weighted by Gasteiger charge is -2.46. The average molecular weight is 543 g/mol. The molecule has 0 spiro atoms. The van der Waals surface area contributed by atoms with Crippen molar-refractivity contribution in [3.05, 3.63) is 70.0 Å². The van der Waals surface area contributed by atoms with E-state index < -0.39 is 17.7 Å². The summed E-state index contributed by atoms with van der Waals surface area (Å²) in [6, 6.07) is 6.18. The van der Waals surface area contributed by atoms with Gasteiger partial charge in [-0.25, -0.2) is 18.0 Å². The van der Waals surface area contributed by atoms with Crippen LogP contribution >= 0.6 is 0 Å². The van der Waals surface area contributed by atoms with Gasteiger partial charge in [-0.3, -0.25) is 4.79 Å². The molecule has 1 aliphatic carbocycles. The Labute approximate surface area is 227 Å². The van der Waals surface area contributed by atoms with Gasteiger partial charge in [-0.1, -0.05) is 6.07 Å². The number of rotatable bonds is 4. The van der Waals surface area contributed by atoms with E-state index in [-0.39, 0.29) is 47.7 Å². The molecule has 6 nitrogen and oxygen atoms in total. The maximum Gasteiger partial charge on any atom is 0.320 e. The molecule has 1 saturated carbocycles. The van der Waals surface area contributed by atoms with Gasteiger partial charge in [0.15, 0.2) is 0 Å². The van der Waals surface area contributed by atoms with E-state index in [0.717, 1.165) is 30.2 Å². The molecule has 2 N–H and O–H groups in total. The number of fused-ring (bicyclic) bond motifs is 1. The maximum absolute atomic E-state index is 14.3. The van der Waals surface area contributed by atoms with E-state index >= 15 is 0 Å². The summed E-state index contributed by atoms with van der Waals surface area (Å²) in [4.78, 5) is 29.3. The summed E-state index contributed by atoms with van der Waals surface area (Å²) in [5, 5.41) is 7.26. The Balaban J connectivity index is 1.40. The molecule has 0 radical (unpaired) electrons. The van der Waals surface area contributed by atoms with Gasteiger partial charge in [-0.2, -0.15) is 0 Å². The van der Waals surface area contributed by atoms with Crippen molar-refractivity contribution in [2.75, 3.05) is 20.1 Å². The van der Waals surface area contributed by atoms with Crippen molar-refractivity contribution in [2.24, 2.45) is 5.92 Å². The molecule has 5 rings (SSSR count). The first-order valence-corrected chi connectivity index (χ1v) is 13.8. The second-order valence-corrected chi connectivity index (χ2v) is 11.5. The largest absolute Gasteiger partial charge is 0.321 e. The van der Waals surface area contributed by atoms with E-state index in [1.807, 2.05) is 11.8 Å². The normalized spacial score (nSPS) is 27.8. The predicted octanol–water partition coefficient (Wildman–Crippen LogP) is 4.95. The Hall–Kier alpha value is -2.91. The van der Waals surface area contributed by atoms with Gasteiger partial charge in [0.25, 0.3) is 0 Å². The number of nitrogens with zero attached hydrogens (tertiary/aromatic N) is 2. The number of hydrogen-bond donors (Lipinski definition) is 2. The lowest BCUT2D eigenvalue weighted by Crippen LogP contribution is -2.62. The fourth-order valence-electron chi connectivity index (χ4n) is 6.73. The van der Waals surface area contributed by atoms with Gasteiger partial charge >= 0.3 is 6.03 Å². The van der Waals surface area contributed by atoms with Gasteiger partial charge in [0.05, 0.1) is 12.1 Å². The number of amides is 2. The van der Waals surface area contributed by atoms with Crippen molar-refractivity contribution in [1.82, 2.24) is 20.4 Å². The van der Waals surface area contributed by atoms with E-state index in [0.29, 0.717) is 36.9 Å². The Morgan fingerprint density at radius 1 is 1.05 bits per heavy atom. The number of aryl methyl sites for hydroxylation is 1. The smallest absolute Gasteiger partial charge is 0.320 e. The van der Waals surface area contributed by atoms with Crippen LogP contribution in [0.3, 0.4) is 0 Å². The number of carbonyl (C=O) groups is 2. The van der Waals surface area contributed by atoms with Crippen LogP contribution in [0.2, 0.25) is 0 Å². The van der Waals surface area contributed by atoms with Gasteiger partial charge in [-0.15, -0.1) is 0 Å². The molecule has 210 valence electrons. The van der Waals surface area contributed by atoms with Crippen LogP contribution in [0.5, 0.6) is 0 Å². The molecule has 3 unspecified atom stereocenters. The molecule has 0 aromatic heterocycles. The molecule has 3 fully saturated rings. The molecule has 2 aromatic rings. The molecular weight excluding hydrogens is 505 g/mol. The van der Waals surface area contributed by atoms with E-state index in [1.165, 1.54) is 23.1 Å². The third-order valence-corrected chi connectivity index (χ3v) is 9.14. The lowest BCUT2D eigenvalue weighted by atomic mass is 9.80. The minimum atomic E-state index is -0.679. The summed E-state index contributed by atoms with van der Waals surface area (Å²) in [6.07, 6.45) is 2.55. The Bertz CT molecular complexity index is 1270. The third kappa shape index (κ3) is 5.43. The maximum atomic E-state index is 14.3. The molecular formula is C30H37F3N4O2. The summed E-state index contributed by atoms with van der Waals surface area (Å²) in [5.74, 6) is -1.13. The summed E-state index contributed by atoms with van der Waals surface area (Å²) >= 11 is 0. The van der Waals surface area contributed by atoms with Crippen molar-refractivity contribution in [2.45, 2.75) is 76.7 Å². The van der Waals surface area contributed by atoms with E-state index in [2.05, 4.69) is 10.6 Å². The van der Waals surface area contributed by atoms with Crippen LogP contribution in [0.15, 0.2) is 30.3 Å². The Kier molecular flexibility index (Phi) is 7.75. The highest BCUT2D eigenvalue weighted by molar-refractivity contribution is 5.82. The zero-order valence-corrected chi connectivity index (χ0v) is 22.9. The fourth-order valence-corrected chi connectivity index (χ4v) is 6.73. The number of ketones is 1. The average Bonchev–Trinajstić information content (AvgIpc) is 3.28.